The summed E-state index contributed by atoms with van der Waals surface area (Å²) >= 11 is 0. The third-order valence-corrected chi connectivity index (χ3v) is 2.47. The van der Waals surface area contributed by atoms with Crippen LogP contribution in [0.4, 0.5) is 5.69 Å². The van der Waals surface area contributed by atoms with Crippen molar-refractivity contribution in [3.8, 4) is 0 Å². The Morgan fingerprint density at radius 2 is 2.13 bits per heavy atom. The van der Waals surface area contributed by atoms with Crippen LogP contribution in [0.3, 0.4) is 0 Å². The number of aryl methyl sites for hydroxylation is 2. The Morgan fingerprint density at radius 3 is 2.67 bits per heavy atom. The van der Waals surface area contributed by atoms with Crippen molar-refractivity contribution in [3.63, 3.8) is 0 Å². The summed E-state index contributed by atoms with van der Waals surface area (Å²) < 4.78 is 0. The summed E-state index contributed by atoms with van der Waals surface area (Å²) in [6.45, 7) is 6.51. The van der Waals surface area contributed by atoms with Crippen LogP contribution in [0.2, 0.25) is 0 Å². The molecule has 0 saturated heterocycles. The summed E-state index contributed by atoms with van der Waals surface area (Å²) in [6.07, 6.45) is 0. The van der Waals surface area contributed by atoms with Gasteiger partial charge in [0.15, 0.2) is 0 Å². The molecular weight excluding hydrogens is 188 g/mol. The molecule has 0 aliphatic heterocycles. The van der Waals surface area contributed by atoms with E-state index >= 15 is 0 Å². The fourth-order valence-corrected chi connectivity index (χ4v) is 1.38. The lowest BCUT2D eigenvalue weighted by molar-refractivity contribution is -0.120. The number of anilines is 1. The summed E-state index contributed by atoms with van der Waals surface area (Å²) in [5, 5.41) is 3.22. The van der Waals surface area contributed by atoms with E-state index in [0.717, 1.165) is 5.69 Å². The van der Waals surface area contributed by atoms with E-state index in [2.05, 4.69) is 18.3 Å². The van der Waals surface area contributed by atoms with Crippen LogP contribution in [0.1, 0.15) is 18.1 Å². The Labute approximate surface area is 90.7 Å². The Kier molecular flexibility index (Phi) is 3.72. The number of amides is 1. The van der Waals surface area contributed by atoms with Crippen molar-refractivity contribution in [3.05, 3.63) is 29.3 Å². The van der Waals surface area contributed by atoms with E-state index in [1.54, 1.807) is 0 Å². The first-order valence-corrected chi connectivity index (χ1v) is 5.11. The van der Waals surface area contributed by atoms with Crippen molar-refractivity contribution < 1.29 is 4.79 Å². The molecule has 3 N–H and O–H groups in total. The standard InChI is InChI=1S/C12H18N2O/c1-8-4-5-11(9(2)6-8)14-7-10(3)12(13)15/h4-6,10,14H,7H2,1-3H3,(H2,13,15). The second-order valence-corrected chi connectivity index (χ2v) is 4.00. The third-order valence-electron chi connectivity index (χ3n) is 2.47. The molecule has 1 aromatic rings. The highest BCUT2D eigenvalue weighted by Crippen LogP contribution is 2.16. The fourth-order valence-electron chi connectivity index (χ4n) is 1.38. The summed E-state index contributed by atoms with van der Waals surface area (Å²) in [7, 11) is 0. The van der Waals surface area contributed by atoms with Crippen LogP contribution in [0.25, 0.3) is 0 Å². The molecule has 0 spiro atoms. The van der Waals surface area contributed by atoms with E-state index in [4.69, 9.17) is 5.73 Å². The fraction of sp³-hybridized carbons (Fsp3) is 0.417. The van der Waals surface area contributed by atoms with Gasteiger partial charge in [0.05, 0.1) is 5.92 Å². The highest BCUT2D eigenvalue weighted by molar-refractivity contribution is 5.76. The van der Waals surface area contributed by atoms with Crippen LogP contribution in [0.5, 0.6) is 0 Å². The molecule has 3 nitrogen and oxygen atoms in total. The number of nitrogens with two attached hydrogens (primary N) is 1. The first-order chi connectivity index (χ1) is 7.00. The molecule has 1 amide bonds. The number of rotatable bonds is 4. The maximum absolute atomic E-state index is 10.8. The quantitative estimate of drug-likeness (QED) is 0.789. The zero-order valence-electron chi connectivity index (χ0n) is 9.50. The van der Waals surface area contributed by atoms with Gasteiger partial charge < -0.3 is 11.1 Å². The number of hydrogen-bond acceptors (Lipinski definition) is 2. The number of carbonyl (C=O) groups is 1. The molecule has 3 heteroatoms. The van der Waals surface area contributed by atoms with E-state index in [1.807, 2.05) is 26.0 Å². The van der Waals surface area contributed by atoms with Gasteiger partial charge in [-0.15, -0.1) is 0 Å². The molecule has 1 rings (SSSR count). The first kappa shape index (κ1) is 11.6. The Hall–Kier alpha value is -1.51. The smallest absolute Gasteiger partial charge is 0.222 e. The van der Waals surface area contributed by atoms with Crippen molar-refractivity contribution in [1.29, 1.82) is 0 Å². The molecule has 82 valence electrons. The lowest BCUT2D eigenvalue weighted by Gasteiger charge is -2.12. The van der Waals surface area contributed by atoms with Crippen LogP contribution in [-0.4, -0.2) is 12.5 Å². The first-order valence-electron chi connectivity index (χ1n) is 5.11. The van der Waals surface area contributed by atoms with Gasteiger partial charge in [-0.25, -0.2) is 0 Å². The van der Waals surface area contributed by atoms with Crippen LogP contribution < -0.4 is 11.1 Å². The van der Waals surface area contributed by atoms with E-state index in [1.165, 1.54) is 11.1 Å². The van der Waals surface area contributed by atoms with Gasteiger partial charge in [-0.1, -0.05) is 24.6 Å². The normalized spacial score (nSPS) is 12.2. The van der Waals surface area contributed by atoms with E-state index < -0.39 is 0 Å². The van der Waals surface area contributed by atoms with Gasteiger partial charge in [-0.2, -0.15) is 0 Å². The minimum Gasteiger partial charge on any atom is -0.384 e. The summed E-state index contributed by atoms with van der Waals surface area (Å²) in [6, 6.07) is 6.18. The molecule has 1 aromatic carbocycles. The average molecular weight is 206 g/mol. The highest BCUT2D eigenvalue weighted by Gasteiger charge is 2.08. The molecule has 15 heavy (non-hydrogen) atoms. The van der Waals surface area contributed by atoms with Crippen LogP contribution in [0.15, 0.2) is 18.2 Å². The van der Waals surface area contributed by atoms with Crippen LogP contribution >= 0.6 is 0 Å². The number of carbonyl (C=O) groups excluding carboxylic acids is 1. The molecule has 0 heterocycles. The number of hydrogen-bond donors (Lipinski definition) is 2. The number of nitrogens with one attached hydrogen (secondary N) is 1. The largest absolute Gasteiger partial charge is 0.384 e. The van der Waals surface area contributed by atoms with Gasteiger partial charge in [0, 0.05) is 12.2 Å². The van der Waals surface area contributed by atoms with Gasteiger partial charge in [0.2, 0.25) is 5.91 Å². The monoisotopic (exact) mass is 206 g/mol. The van der Waals surface area contributed by atoms with Gasteiger partial charge in [-0.05, 0) is 25.5 Å². The SMILES string of the molecule is Cc1ccc(NCC(C)C(N)=O)c(C)c1. The molecule has 0 aliphatic carbocycles. The summed E-state index contributed by atoms with van der Waals surface area (Å²) in [5.74, 6) is -0.419. The second kappa shape index (κ2) is 4.82. The minimum atomic E-state index is -0.271. The van der Waals surface area contributed by atoms with Crippen molar-refractivity contribution in [2.45, 2.75) is 20.8 Å². The van der Waals surface area contributed by atoms with Crippen LogP contribution in [0, 0.1) is 19.8 Å². The third kappa shape index (κ3) is 3.27. The highest BCUT2D eigenvalue weighted by atomic mass is 16.1. The molecule has 1 unspecified atom stereocenters. The lowest BCUT2D eigenvalue weighted by Crippen LogP contribution is -2.26. The van der Waals surface area contributed by atoms with E-state index in [-0.39, 0.29) is 11.8 Å². The van der Waals surface area contributed by atoms with Crippen molar-refractivity contribution in [1.82, 2.24) is 0 Å². The maximum Gasteiger partial charge on any atom is 0.222 e. The summed E-state index contributed by atoms with van der Waals surface area (Å²) in [5.41, 5.74) is 8.67. The predicted octanol–water partition coefficient (Wildman–Crippen LogP) is 1.84. The van der Waals surface area contributed by atoms with Gasteiger partial charge in [-0.3, -0.25) is 4.79 Å². The molecular formula is C12H18N2O. The van der Waals surface area contributed by atoms with Crippen molar-refractivity contribution in [2.24, 2.45) is 11.7 Å². The molecule has 1 atom stereocenters. The van der Waals surface area contributed by atoms with E-state index in [0.29, 0.717) is 6.54 Å². The molecule has 0 aromatic heterocycles. The Bertz CT molecular complexity index is 361. The zero-order valence-corrected chi connectivity index (χ0v) is 9.50. The minimum absolute atomic E-state index is 0.147. The average Bonchev–Trinajstić information content (AvgIpc) is 2.15. The maximum atomic E-state index is 10.8. The zero-order chi connectivity index (χ0) is 11.4. The van der Waals surface area contributed by atoms with Crippen molar-refractivity contribution >= 4 is 11.6 Å². The molecule has 0 saturated carbocycles. The molecule has 0 aliphatic rings. The lowest BCUT2D eigenvalue weighted by atomic mass is 10.1. The van der Waals surface area contributed by atoms with Gasteiger partial charge >= 0.3 is 0 Å². The van der Waals surface area contributed by atoms with Crippen molar-refractivity contribution in [2.75, 3.05) is 11.9 Å². The molecule has 0 bridgehead atoms. The number of benzene rings is 1. The molecule has 0 radical (unpaired) electrons. The van der Waals surface area contributed by atoms with Gasteiger partial charge in [0.1, 0.15) is 0 Å². The molecule has 0 fully saturated rings. The Balaban J connectivity index is 2.62. The van der Waals surface area contributed by atoms with Gasteiger partial charge in [0.25, 0.3) is 0 Å². The predicted molar refractivity (Wildman–Crippen MR) is 62.8 cm³/mol. The summed E-state index contributed by atoms with van der Waals surface area (Å²) in [4.78, 5) is 10.8. The van der Waals surface area contributed by atoms with E-state index in [9.17, 15) is 4.79 Å². The number of primary amides is 1. The van der Waals surface area contributed by atoms with Crippen LogP contribution in [-0.2, 0) is 4.79 Å². The topological polar surface area (TPSA) is 55.1 Å². The second-order valence-electron chi connectivity index (χ2n) is 4.00. The Morgan fingerprint density at radius 1 is 1.47 bits per heavy atom.